The Balaban J connectivity index is 2.35. The van der Waals surface area contributed by atoms with Crippen LogP contribution in [0.5, 0.6) is 0 Å². The summed E-state index contributed by atoms with van der Waals surface area (Å²) in [4.78, 5) is 15.7. The normalized spacial score (nSPS) is 21.2. The highest BCUT2D eigenvalue weighted by molar-refractivity contribution is 5.85. The van der Waals surface area contributed by atoms with Crippen molar-refractivity contribution in [3.8, 4) is 0 Å². The molecule has 0 aromatic rings. The van der Waals surface area contributed by atoms with Crippen LogP contribution in [0.25, 0.3) is 0 Å². The summed E-state index contributed by atoms with van der Waals surface area (Å²) >= 11 is 0. The molecule has 1 aliphatic heterocycles. The van der Waals surface area contributed by atoms with Crippen molar-refractivity contribution in [1.82, 2.24) is 0 Å². The Morgan fingerprint density at radius 2 is 2.27 bits per heavy atom. The van der Waals surface area contributed by atoms with Crippen molar-refractivity contribution < 1.29 is 4.79 Å². The summed E-state index contributed by atoms with van der Waals surface area (Å²) in [5.41, 5.74) is 1.36. The Bertz CT molecular complexity index is 233. The lowest BCUT2D eigenvalue weighted by molar-refractivity contribution is -0.117. The van der Waals surface area contributed by atoms with Crippen molar-refractivity contribution in [1.29, 1.82) is 0 Å². The quantitative estimate of drug-likeness (QED) is 0.615. The van der Waals surface area contributed by atoms with Gasteiger partial charge in [0.05, 0.1) is 6.04 Å². The first kappa shape index (κ1) is 12.4. The van der Waals surface area contributed by atoms with Gasteiger partial charge in [-0.2, -0.15) is 0 Å². The Hall–Kier alpha value is -0.660. The predicted octanol–water partition coefficient (Wildman–Crippen LogP) is 3.54. The van der Waals surface area contributed by atoms with Gasteiger partial charge in [0.1, 0.15) is 5.78 Å². The summed E-state index contributed by atoms with van der Waals surface area (Å²) in [6, 6.07) is 0.299. The molecular formula is C13H23NO. The monoisotopic (exact) mass is 209 g/mol. The van der Waals surface area contributed by atoms with E-state index in [1.165, 1.54) is 31.4 Å². The van der Waals surface area contributed by atoms with E-state index in [0.29, 0.717) is 12.5 Å². The van der Waals surface area contributed by atoms with Gasteiger partial charge < -0.3 is 0 Å². The first-order valence-electron chi connectivity index (χ1n) is 6.27. The molecule has 0 aromatic heterocycles. The molecule has 15 heavy (non-hydrogen) atoms. The van der Waals surface area contributed by atoms with Crippen molar-refractivity contribution >= 4 is 11.5 Å². The molecule has 0 saturated carbocycles. The van der Waals surface area contributed by atoms with E-state index in [2.05, 4.69) is 11.9 Å². The first-order valence-corrected chi connectivity index (χ1v) is 6.27. The van der Waals surface area contributed by atoms with Crippen LogP contribution in [0.2, 0.25) is 0 Å². The zero-order chi connectivity index (χ0) is 11.1. The molecule has 0 bridgehead atoms. The van der Waals surface area contributed by atoms with Crippen LogP contribution in [-0.2, 0) is 4.79 Å². The number of carbonyl (C=O) groups is 1. The fourth-order valence-corrected chi connectivity index (χ4v) is 2.18. The molecule has 1 rings (SSSR count). The Morgan fingerprint density at radius 1 is 1.47 bits per heavy atom. The van der Waals surface area contributed by atoms with Gasteiger partial charge in [-0.05, 0) is 39.0 Å². The molecule has 0 saturated heterocycles. The number of hydrogen-bond acceptors (Lipinski definition) is 2. The van der Waals surface area contributed by atoms with Crippen molar-refractivity contribution in [2.45, 2.75) is 71.3 Å². The van der Waals surface area contributed by atoms with Gasteiger partial charge in [-0.25, -0.2) is 0 Å². The van der Waals surface area contributed by atoms with Gasteiger partial charge in [0.25, 0.3) is 0 Å². The summed E-state index contributed by atoms with van der Waals surface area (Å²) in [5.74, 6) is 0.276. The van der Waals surface area contributed by atoms with Gasteiger partial charge >= 0.3 is 0 Å². The fourth-order valence-electron chi connectivity index (χ4n) is 2.18. The lowest BCUT2D eigenvalue weighted by Crippen LogP contribution is -2.18. The number of nitrogens with zero attached hydrogens (tertiary/aromatic N) is 1. The minimum atomic E-state index is 0.276. The number of hydrogen-bond donors (Lipinski definition) is 0. The zero-order valence-corrected chi connectivity index (χ0v) is 10.1. The van der Waals surface area contributed by atoms with E-state index >= 15 is 0 Å². The molecule has 2 heteroatoms. The molecule has 0 N–H and O–H groups in total. The molecule has 1 atom stereocenters. The van der Waals surface area contributed by atoms with Crippen molar-refractivity contribution in [2.24, 2.45) is 4.99 Å². The second kappa shape index (κ2) is 6.76. The standard InChI is InChI=1S/C13H23NO/c1-3-4-5-7-12-8-6-9-13(14-12)10-11(2)15/h13H,3-10H2,1-2H3/t13-/m0/s1. The van der Waals surface area contributed by atoms with Crippen LogP contribution in [0, 0.1) is 0 Å². The highest BCUT2D eigenvalue weighted by atomic mass is 16.1. The number of carbonyl (C=O) groups excluding carboxylic acids is 1. The molecule has 1 aliphatic rings. The lowest BCUT2D eigenvalue weighted by Gasteiger charge is -2.19. The largest absolute Gasteiger partial charge is 0.300 e. The molecule has 0 aliphatic carbocycles. The summed E-state index contributed by atoms with van der Waals surface area (Å²) < 4.78 is 0. The highest BCUT2D eigenvalue weighted by Crippen LogP contribution is 2.19. The third kappa shape index (κ3) is 5.10. The predicted molar refractivity (Wildman–Crippen MR) is 64.5 cm³/mol. The number of unbranched alkanes of at least 4 members (excludes halogenated alkanes) is 2. The van der Waals surface area contributed by atoms with E-state index < -0.39 is 0 Å². The van der Waals surface area contributed by atoms with Gasteiger partial charge in [0.15, 0.2) is 0 Å². The lowest BCUT2D eigenvalue weighted by atomic mass is 9.97. The Morgan fingerprint density at radius 3 is 2.93 bits per heavy atom. The average Bonchev–Trinajstić information content (AvgIpc) is 2.18. The summed E-state index contributed by atoms with van der Waals surface area (Å²) in [6.45, 7) is 3.89. The zero-order valence-electron chi connectivity index (χ0n) is 10.1. The minimum Gasteiger partial charge on any atom is -0.300 e. The van der Waals surface area contributed by atoms with E-state index in [0.717, 1.165) is 19.3 Å². The van der Waals surface area contributed by atoms with Gasteiger partial charge in [-0.15, -0.1) is 0 Å². The summed E-state index contributed by atoms with van der Waals surface area (Å²) in [7, 11) is 0. The minimum absolute atomic E-state index is 0.276. The Kier molecular flexibility index (Phi) is 5.59. The average molecular weight is 209 g/mol. The van der Waals surface area contributed by atoms with Gasteiger partial charge in [0.2, 0.25) is 0 Å². The van der Waals surface area contributed by atoms with Gasteiger partial charge in [-0.1, -0.05) is 19.8 Å². The maximum atomic E-state index is 11.0. The molecule has 0 unspecified atom stereocenters. The van der Waals surface area contributed by atoms with Crippen molar-refractivity contribution in [3.05, 3.63) is 0 Å². The van der Waals surface area contributed by atoms with E-state index in [4.69, 9.17) is 0 Å². The van der Waals surface area contributed by atoms with Crippen LogP contribution in [0.3, 0.4) is 0 Å². The number of rotatable bonds is 6. The third-order valence-electron chi connectivity index (χ3n) is 2.96. The van der Waals surface area contributed by atoms with E-state index in [1.807, 2.05) is 0 Å². The second-order valence-corrected chi connectivity index (χ2v) is 4.60. The molecule has 0 spiro atoms. The number of aliphatic imine (C=N–C) groups is 1. The van der Waals surface area contributed by atoms with Crippen LogP contribution in [0.1, 0.15) is 65.2 Å². The summed E-state index contributed by atoms with van der Waals surface area (Å²) in [6.07, 6.45) is 9.14. The maximum absolute atomic E-state index is 11.0. The molecule has 86 valence electrons. The van der Waals surface area contributed by atoms with E-state index in [-0.39, 0.29) is 5.78 Å². The smallest absolute Gasteiger partial charge is 0.131 e. The second-order valence-electron chi connectivity index (χ2n) is 4.60. The molecule has 0 amide bonds. The van der Waals surface area contributed by atoms with Crippen LogP contribution in [-0.4, -0.2) is 17.5 Å². The van der Waals surface area contributed by atoms with E-state index in [1.54, 1.807) is 6.92 Å². The van der Waals surface area contributed by atoms with Crippen LogP contribution in [0.4, 0.5) is 0 Å². The van der Waals surface area contributed by atoms with Crippen molar-refractivity contribution in [2.75, 3.05) is 0 Å². The van der Waals surface area contributed by atoms with Crippen LogP contribution >= 0.6 is 0 Å². The van der Waals surface area contributed by atoms with E-state index in [9.17, 15) is 4.79 Å². The molecule has 2 nitrogen and oxygen atoms in total. The first-order chi connectivity index (χ1) is 7.22. The molecular weight excluding hydrogens is 186 g/mol. The van der Waals surface area contributed by atoms with Crippen molar-refractivity contribution in [3.63, 3.8) is 0 Å². The molecule has 0 fully saturated rings. The topological polar surface area (TPSA) is 29.4 Å². The fraction of sp³-hybridized carbons (Fsp3) is 0.846. The van der Waals surface area contributed by atoms with Crippen LogP contribution in [0.15, 0.2) is 4.99 Å². The Labute approximate surface area is 93.2 Å². The number of Topliss-reactive ketones (excluding diaryl/α,β-unsaturated/α-hetero) is 1. The summed E-state index contributed by atoms with van der Waals surface area (Å²) in [5, 5.41) is 0. The molecule has 0 aromatic carbocycles. The van der Waals surface area contributed by atoms with Crippen LogP contribution < -0.4 is 0 Å². The highest BCUT2D eigenvalue weighted by Gasteiger charge is 2.15. The maximum Gasteiger partial charge on any atom is 0.131 e. The van der Waals surface area contributed by atoms with Gasteiger partial charge in [0, 0.05) is 12.1 Å². The van der Waals surface area contributed by atoms with Gasteiger partial charge in [-0.3, -0.25) is 9.79 Å². The molecule has 1 heterocycles. The SMILES string of the molecule is CCCCCC1=N[C@H](CC(C)=O)CCC1. The number of ketones is 1. The third-order valence-corrected chi connectivity index (χ3v) is 2.96. The molecule has 0 radical (unpaired) electrons.